The quantitative estimate of drug-likeness (QED) is 0.270. The molecular weight excluding hydrogens is 540 g/mol. The highest BCUT2D eigenvalue weighted by atomic mass is 32.1. The topological polar surface area (TPSA) is 114 Å². The van der Waals surface area contributed by atoms with Crippen LogP contribution in [0.1, 0.15) is 44.3 Å². The van der Waals surface area contributed by atoms with Gasteiger partial charge in [0.2, 0.25) is 0 Å². The molecule has 0 aliphatic carbocycles. The lowest BCUT2D eigenvalue weighted by Gasteiger charge is -2.14. The third-order valence-corrected chi connectivity index (χ3v) is 7.84. The SMILES string of the molecule is CCOC(=O)c1c(/N=C/c2scc3c2OCCO3)sc(/N=C/c2scc3c2OCCO3)c1C(=O)OCC. The van der Waals surface area contributed by atoms with Crippen LogP contribution in [0.15, 0.2) is 20.7 Å². The summed E-state index contributed by atoms with van der Waals surface area (Å²) in [6.45, 7) is 5.46. The Bertz CT molecular complexity index is 1270. The van der Waals surface area contributed by atoms with Crippen molar-refractivity contribution in [2.75, 3.05) is 39.6 Å². The molecule has 194 valence electrons. The van der Waals surface area contributed by atoms with Crippen LogP contribution in [0.5, 0.6) is 23.0 Å². The summed E-state index contributed by atoms with van der Waals surface area (Å²) in [6.07, 6.45) is 3.16. The molecule has 0 N–H and O–H groups in total. The van der Waals surface area contributed by atoms with Crippen LogP contribution in [0.25, 0.3) is 0 Å². The molecule has 2 aliphatic rings. The van der Waals surface area contributed by atoms with E-state index in [1.54, 1.807) is 26.3 Å². The van der Waals surface area contributed by atoms with Gasteiger partial charge in [0.05, 0.1) is 23.0 Å². The maximum absolute atomic E-state index is 13.0. The summed E-state index contributed by atoms with van der Waals surface area (Å²) in [7, 11) is 0. The minimum atomic E-state index is -0.687. The van der Waals surface area contributed by atoms with Gasteiger partial charge >= 0.3 is 11.9 Å². The van der Waals surface area contributed by atoms with E-state index >= 15 is 0 Å². The number of nitrogens with zero attached hydrogens (tertiary/aromatic N) is 2. The van der Waals surface area contributed by atoms with Gasteiger partial charge in [0.25, 0.3) is 0 Å². The molecule has 0 amide bonds. The van der Waals surface area contributed by atoms with Gasteiger partial charge < -0.3 is 28.4 Å². The van der Waals surface area contributed by atoms with Gasteiger partial charge in [-0.05, 0) is 13.8 Å². The highest BCUT2D eigenvalue weighted by Gasteiger charge is 2.31. The highest BCUT2D eigenvalue weighted by molar-refractivity contribution is 7.20. The number of aliphatic imine (C=N–C) groups is 2. The first kappa shape index (κ1) is 25.2. The van der Waals surface area contributed by atoms with Crippen molar-refractivity contribution in [1.82, 2.24) is 0 Å². The number of esters is 2. The molecular formula is C24H22N2O8S3. The number of thiophene rings is 3. The first-order chi connectivity index (χ1) is 18.1. The van der Waals surface area contributed by atoms with Crippen molar-refractivity contribution in [1.29, 1.82) is 0 Å². The molecule has 2 aliphatic heterocycles. The van der Waals surface area contributed by atoms with Crippen LogP contribution in [-0.2, 0) is 9.47 Å². The molecule has 0 fully saturated rings. The van der Waals surface area contributed by atoms with Crippen LogP contribution < -0.4 is 18.9 Å². The van der Waals surface area contributed by atoms with E-state index in [9.17, 15) is 9.59 Å². The summed E-state index contributed by atoms with van der Waals surface area (Å²) in [5.74, 6) is 1.13. The molecule has 0 atom stereocenters. The molecule has 0 radical (unpaired) electrons. The Morgan fingerprint density at radius 1 is 0.784 bits per heavy atom. The van der Waals surface area contributed by atoms with Crippen molar-refractivity contribution < 1.29 is 38.0 Å². The third kappa shape index (κ3) is 5.20. The smallest absolute Gasteiger partial charge is 0.342 e. The average molecular weight is 563 g/mol. The molecule has 5 rings (SSSR count). The van der Waals surface area contributed by atoms with Gasteiger partial charge in [-0.1, -0.05) is 11.3 Å². The Morgan fingerprint density at radius 2 is 1.22 bits per heavy atom. The molecule has 0 saturated heterocycles. The Morgan fingerprint density at radius 3 is 1.65 bits per heavy atom. The summed E-state index contributed by atoms with van der Waals surface area (Å²) in [4.78, 5) is 36.5. The van der Waals surface area contributed by atoms with Gasteiger partial charge in [-0.2, -0.15) is 0 Å². The predicted molar refractivity (Wildman–Crippen MR) is 141 cm³/mol. The van der Waals surface area contributed by atoms with Crippen LogP contribution in [0.2, 0.25) is 0 Å². The minimum Gasteiger partial charge on any atom is -0.485 e. The van der Waals surface area contributed by atoms with Gasteiger partial charge in [-0.15, -0.1) is 22.7 Å². The third-order valence-electron chi connectivity index (χ3n) is 5.08. The van der Waals surface area contributed by atoms with E-state index in [1.165, 1.54) is 22.7 Å². The molecule has 5 heterocycles. The van der Waals surface area contributed by atoms with Gasteiger partial charge in [-0.25, -0.2) is 19.6 Å². The monoisotopic (exact) mass is 562 g/mol. The van der Waals surface area contributed by atoms with Crippen LogP contribution in [0, 0.1) is 0 Å². The molecule has 0 aromatic carbocycles. The number of fused-ring (bicyclic) bond motifs is 2. The second-order valence-corrected chi connectivity index (χ2v) is 10.2. The summed E-state index contributed by atoms with van der Waals surface area (Å²) in [5.41, 5.74) is 0.00756. The summed E-state index contributed by atoms with van der Waals surface area (Å²) in [5, 5.41) is 4.20. The second-order valence-electron chi connectivity index (χ2n) is 7.40. The standard InChI is InChI=1S/C24H22N2O8S3/c1-3-29-23(27)17-18(24(28)30-4-2)22(26-10-16-20-14(12-36-16)32-6-8-34-20)37-21(17)25-9-15-19-13(11-35-15)31-5-7-33-19/h9-12H,3-8H2,1-2H3/b25-9+,26-10+. The van der Waals surface area contributed by atoms with Gasteiger partial charge in [0.1, 0.15) is 47.6 Å². The normalized spacial score (nSPS) is 14.3. The Balaban J connectivity index is 1.57. The van der Waals surface area contributed by atoms with E-state index in [0.717, 1.165) is 21.1 Å². The van der Waals surface area contributed by atoms with Crippen LogP contribution in [0.4, 0.5) is 10.0 Å². The zero-order valence-corrected chi connectivity index (χ0v) is 22.4. The first-order valence-corrected chi connectivity index (χ1v) is 14.0. The van der Waals surface area contributed by atoms with Crippen molar-refractivity contribution >= 4 is 68.4 Å². The maximum atomic E-state index is 13.0. The molecule has 0 bridgehead atoms. The predicted octanol–water partition coefficient (Wildman–Crippen LogP) is 5.27. The number of carbonyl (C=O) groups excluding carboxylic acids is 2. The number of rotatable bonds is 8. The van der Waals surface area contributed by atoms with Gasteiger partial charge in [0, 0.05) is 23.2 Å². The summed E-state index contributed by atoms with van der Waals surface area (Å²) >= 11 is 3.88. The molecule has 37 heavy (non-hydrogen) atoms. The fraction of sp³-hybridized carbons (Fsp3) is 0.333. The maximum Gasteiger partial charge on any atom is 0.342 e. The van der Waals surface area contributed by atoms with Gasteiger partial charge in [-0.3, -0.25) is 0 Å². The van der Waals surface area contributed by atoms with E-state index in [0.29, 0.717) is 49.4 Å². The molecule has 10 nitrogen and oxygen atoms in total. The van der Waals surface area contributed by atoms with E-state index < -0.39 is 11.9 Å². The summed E-state index contributed by atoms with van der Waals surface area (Å²) in [6, 6.07) is 0. The highest BCUT2D eigenvalue weighted by Crippen LogP contribution is 2.44. The lowest BCUT2D eigenvalue weighted by Crippen LogP contribution is -2.14. The van der Waals surface area contributed by atoms with Crippen LogP contribution >= 0.6 is 34.0 Å². The van der Waals surface area contributed by atoms with Crippen molar-refractivity contribution in [3.63, 3.8) is 0 Å². The van der Waals surface area contributed by atoms with Crippen molar-refractivity contribution in [2.45, 2.75) is 13.8 Å². The average Bonchev–Trinajstić information content (AvgIpc) is 3.61. The molecule has 3 aromatic heterocycles. The molecule has 0 spiro atoms. The van der Waals surface area contributed by atoms with Crippen molar-refractivity contribution in [2.24, 2.45) is 9.98 Å². The van der Waals surface area contributed by atoms with E-state index in [2.05, 4.69) is 9.98 Å². The number of carbonyl (C=O) groups is 2. The second kappa shape index (κ2) is 11.3. The zero-order chi connectivity index (χ0) is 25.8. The lowest BCUT2D eigenvalue weighted by molar-refractivity contribution is 0.0481. The largest absolute Gasteiger partial charge is 0.485 e. The molecule has 13 heteroatoms. The fourth-order valence-electron chi connectivity index (χ4n) is 3.55. The van der Waals surface area contributed by atoms with Crippen molar-refractivity contribution in [3.05, 3.63) is 31.6 Å². The van der Waals surface area contributed by atoms with E-state index in [-0.39, 0.29) is 34.3 Å². The van der Waals surface area contributed by atoms with Crippen LogP contribution in [0.3, 0.4) is 0 Å². The van der Waals surface area contributed by atoms with Crippen LogP contribution in [-0.4, -0.2) is 64.0 Å². The Labute approximate surface area is 224 Å². The molecule has 0 unspecified atom stereocenters. The number of ether oxygens (including phenoxy) is 6. The lowest BCUT2D eigenvalue weighted by atomic mass is 10.1. The summed E-state index contributed by atoms with van der Waals surface area (Å²) < 4.78 is 33.1. The number of hydrogen-bond donors (Lipinski definition) is 0. The molecule has 3 aromatic rings. The van der Waals surface area contributed by atoms with E-state index in [4.69, 9.17) is 28.4 Å². The fourth-order valence-corrected chi connectivity index (χ4v) is 6.10. The number of hydrogen-bond acceptors (Lipinski definition) is 13. The molecule has 0 saturated carbocycles. The first-order valence-electron chi connectivity index (χ1n) is 11.4. The minimum absolute atomic E-state index is 0.00378. The van der Waals surface area contributed by atoms with Gasteiger partial charge in [0.15, 0.2) is 23.0 Å². The Hall–Kier alpha value is -3.42. The van der Waals surface area contributed by atoms with E-state index in [1.807, 2.05) is 10.8 Å². The Kier molecular flexibility index (Phi) is 7.72. The van der Waals surface area contributed by atoms with Crippen molar-refractivity contribution in [3.8, 4) is 23.0 Å². The zero-order valence-electron chi connectivity index (χ0n) is 19.9.